The third kappa shape index (κ3) is 5.13. The van der Waals surface area contributed by atoms with E-state index in [1.807, 2.05) is 0 Å². The van der Waals surface area contributed by atoms with E-state index in [1.165, 1.54) is 6.07 Å². The molecule has 0 spiro atoms. The highest BCUT2D eigenvalue weighted by molar-refractivity contribution is 7.89. The van der Waals surface area contributed by atoms with Crippen molar-refractivity contribution >= 4 is 15.7 Å². The van der Waals surface area contributed by atoms with E-state index < -0.39 is 26.7 Å². The van der Waals surface area contributed by atoms with Gasteiger partial charge in [0.05, 0.1) is 10.5 Å². The lowest BCUT2D eigenvalue weighted by Crippen LogP contribution is -2.28. The molecule has 146 valence electrons. The smallest absolute Gasteiger partial charge is 0.382 e. The van der Waals surface area contributed by atoms with Gasteiger partial charge in [0.2, 0.25) is 10.0 Å². The first-order chi connectivity index (χ1) is 12.3. The highest BCUT2D eigenvalue weighted by atomic mass is 32.2. The van der Waals surface area contributed by atoms with Crippen LogP contribution in [0.2, 0.25) is 0 Å². The first-order valence-electron chi connectivity index (χ1n) is 9.23. The van der Waals surface area contributed by atoms with Gasteiger partial charge in [-0.25, -0.2) is 13.1 Å². The maximum atomic E-state index is 13.5. The largest absolute Gasteiger partial charge is 0.417 e. The van der Waals surface area contributed by atoms with Crippen molar-refractivity contribution in [1.82, 2.24) is 4.72 Å². The molecule has 0 radical (unpaired) electrons. The van der Waals surface area contributed by atoms with Crippen LogP contribution in [0.1, 0.15) is 56.9 Å². The number of benzene rings is 1. The second kappa shape index (κ2) is 7.76. The van der Waals surface area contributed by atoms with Gasteiger partial charge in [-0.1, -0.05) is 25.7 Å². The Kier molecular flexibility index (Phi) is 5.81. The summed E-state index contributed by atoms with van der Waals surface area (Å²) in [6.45, 7) is 0.196. The van der Waals surface area contributed by atoms with Gasteiger partial charge in [-0.15, -0.1) is 0 Å². The van der Waals surface area contributed by atoms with E-state index in [2.05, 4.69) is 10.0 Å². The normalized spacial score (nSPS) is 20.0. The van der Waals surface area contributed by atoms with Gasteiger partial charge < -0.3 is 5.32 Å². The SMILES string of the molecule is O=S(=O)(NCC1CC1)c1ccc(NC2CCCCCC2)cc1C(F)(F)F. The maximum Gasteiger partial charge on any atom is 0.417 e. The number of sulfonamides is 1. The summed E-state index contributed by atoms with van der Waals surface area (Å²) < 4.78 is 67.5. The summed E-state index contributed by atoms with van der Waals surface area (Å²) in [5.41, 5.74) is -0.787. The van der Waals surface area contributed by atoms with Crippen molar-refractivity contribution in [3.05, 3.63) is 23.8 Å². The van der Waals surface area contributed by atoms with Crippen LogP contribution in [0.4, 0.5) is 18.9 Å². The van der Waals surface area contributed by atoms with E-state index in [1.54, 1.807) is 0 Å². The zero-order valence-corrected chi connectivity index (χ0v) is 15.4. The van der Waals surface area contributed by atoms with Crippen LogP contribution in [0, 0.1) is 5.92 Å². The average molecular weight is 390 g/mol. The summed E-state index contributed by atoms with van der Waals surface area (Å²) in [7, 11) is -4.18. The Hall–Kier alpha value is -1.28. The molecular formula is C18H25F3N2O2S. The van der Waals surface area contributed by atoms with Crippen LogP contribution in [-0.4, -0.2) is 21.0 Å². The molecule has 0 aromatic heterocycles. The Morgan fingerprint density at radius 3 is 2.23 bits per heavy atom. The molecule has 8 heteroatoms. The van der Waals surface area contributed by atoms with Crippen LogP contribution in [-0.2, 0) is 16.2 Å². The summed E-state index contributed by atoms with van der Waals surface area (Å²) in [5.74, 6) is 0.246. The average Bonchev–Trinajstić information content (AvgIpc) is 3.40. The molecule has 0 heterocycles. The lowest BCUT2D eigenvalue weighted by atomic mass is 10.1. The molecule has 0 unspecified atom stereocenters. The summed E-state index contributed by atoms with van der Waals surface area (Å²) in [4.78, 5) is -0.697. The van der Waals surface area contributed by atoms with Gasteiger partial charge >= 0.3 is 6.18 Å². The molecule has 0 aliphatic heterocycles. The molecule has 0 bridgehead atoms. The van der Waals surface area contributed by atoms with Gasteiger partial charge in [0.25, 0.3) is 0 Å². The van der Waals surface area contributed by atoms with E-state index in [0.29, 0.717) is 5.69 Å². The van der Waals surface area contributed by atoms with Crippen LogP contribution in [0.15, 0.2) is 23.1 Å². The quantitative estimate of drug-likeness (QED) is 0.702. The van der Waals surface area contributed by atoms with Crippen molar-refractivity contribution in [2.45, 2.75) is 68.5 Å². The maximum absolute atomic E-state index is 13.5. The zero-order chi connectivity index (χ0) is 18.8. The van der Waals surface area contributed by atoms with Crippen LogP contribution in [0.3, 0.4) is 0 Å². The molecule has 2 aliphatic carbocycles. The van der Waals surface area contributed by atoms with Gasteiger partial charge in [0, 0.05) is 18.3 Å². The lowest BCUT2D eigenvalue weighted by Gasteiger charge is -2.20. The molecule has 26 heavy (non-hydrogen) atoms. The molecule has 0 atom stereocenters. The number of hydrogen-bond acceptors (Lipinski definition) is 3. The minimum atomic E-state index is -4.73. The number of anilines is 1. The van der Waals surface area contributed by atoms with E-state index in [0.717, 1.165) is 63.5 Å². The fourth-order valence-electron chi connectivity index (χ4n) is 3.36. The third-order valence-corrected chi connectivity index (χ3v) is 6.54. The predicted octanol–water partition coefficient (Wildman–Crippen LogP) is 4.53. The van der Waals surface area contributed by atoms with Gasteiger partial charge in [-0.2, -0.15) is 13.2 Å². The first-order valence-corrected chi connectivity index (χ1v) is 10.7. The van der Waals surface area contributed by atoms with Crippen molar-refractivity contribution in [1.29, 1.82) is 0 Å². The van der Waals surface area contributed by atoms with Gasteiger partial charge in [0.15, 0.2) is 0 Å². The Balaban J connectivity index is 1.83. The summed E-state index contributed by atoms with van der Waals surface area (Å²) in [6.07, 6.45) is 3.35. The topological polar surface area (TPSA) is 58.2 Å². The molecular weight excluding hydrogens is 365 g/mol. The monoisotopic (exact) mass is 390 g/mol. The van der Waals surface area contributed by atoms with Gasteiger partial charge in [0.1, 0.15) is 0 Å². The second-order valence-electron chi connectivity index (χ2n) is 7.34. The zero-order valence-electron chi connectivity index (χ0n) is 14.6. The number of alkyl halides is 3. The molecule has 3 rings (SSSR count). The van der Waals surface area contributed by atoms with Crippen molar-refractivity contribution in [2.75, 3.05) is 11.9 Å². The summed E-state index contributed by atoms with van der Waals surface area (Å²) >= 11 is 0. The minimum Gasteiger partial charge on any atom is -0.382 e. The van der Waals surface area contributed by atoms with Crippen LogP contribution in [0.5, 0.6) is 0 Å². The number of rotatable bonds is 6. The third-order valence-electron chi connectivity index (χ3n) is 5.06. The lowest BCUT2D eigenvalue weighted by molar-refractivity contribution is -0.139. The molecule has 0 saturated heterocycles. The Bertz CT molecular complexity index is 722. The molecule has 2 saturated carbocycles. The van der Waals surface area contributed by atoms with Crippen LogP contribution in [0.25, 0.3) is 0 Å². The Morgan fingerprint density at radius 1 is 1.00 bits per heavy atom. The van der Waals surface area contributed by atoms with E-state index >= 15 is 0 Å². The molecule has 0 amide bonds. The number of nitrogens with one attached hydrogen (secondary N) is 2. The highest BCUT2D eigenvalue weighted by Gasteiger charge is 2.38. The molecule has 1 aromatic rings. The molecule has 2 aliphatic rings. The predicted molar refractivity (Wildman–Crippen MR) is 94.5 cm³/mol. The van der Waals surface area contributed by atoms with Crippen molar-refractivity contribution < 1.29 is 21.6 Å². The van der Waals surface area contributed by atoms with Crippen LogP contribution < -0.4 is 10.0 Å². The number of hydrogen-bond donors (Lipinski definition) is 2. The standard InChI is InChI=1S/C18H25F3N2O2S/c19-18(20,21)16-11-15(23-14-5-3-1-2-4-6-14)9-10-17(16)26(24,25)22-12-13-7-8-13/h9-11,13-14,22-23H,1-8,12H2. The first kappa shape index (κ1) is 19.5. The van der Waals surface area contributed by atoms with E-state index in [4.69, 9.17) is 0 Å². The molecule has 1 aromatic carbocycles. The van der Waals surface area contributed by atoms with Crippen LogP contribution >= 0.6 is 0 Å². The molecule has 4 nitrogen and oxygen atoms in total. The minimum absolute atomic E-state index is 0.133. The van der Waals surface area contributed by atoms with Gasteiger partial charge in [-0.3, -0.25) is 0 Å². The van der Waals surface area contributed by atoms with Gasteiger partial charge in [-0.05, 0) is 49.8 Å². The number of halogens is 3. The summed E-state index contributed by atoms with van der Waals surface area (Å²) in [6, 6.07) is 3.56. The fraction of sp³-hybridized carbons (Fsp3) is 0.667. The highest BCUT2D eigenvalue weighted by Crippen LogP contribution is 2.37. The van der Waals surface area contributed by atoms with Crippen molar-refractivity contribution in [3.8, 4) is 0 Å². The molecule has 2 fully saturated rings. The van der Waals surface area contributed by atoms with Crippen molar-refractivity contribution in [2.24, 2.45) is 5.92 Å². The van der Waals surface area contributed by atoms with E-state index in [-0.39, 0.29) is 18.5 Å². The van der Waals surface area contributed by atoms with Crippen molar-refractivity contribution in [3.63, 3.8) is 0 Å². The Morgan fingerprint density at radius 2 is 1.65 bits per heavy atom. The second-order valence-corrected chi connectivity index (χ2v) is 9.07. The Labute approximate surface area is 152 Å². The van der Waals surface area contributed by atoms with E-state index in [9.17, 15) is 21.6 Å². The summed E-state index contributed by atoms with van der Waals surface area (Å²) in [5, 5.41) is 3.16. The molecule has 2 N–H and O–H groups in total. The fourth-order valence-corrected chi connectivity index (χ4v) is 4.68.